The summed E-state index contributed by atoms with van der Waals surface area (Å²) in [5.74, 6) is 1.30. The molecule has 0 aliphatic heterocycles. The number of aliphatic hydroxyl groups excluding tert-OH is 3. The first-order valence-corrected chi connectivity index (χ1v) is 13.9. The van der Waals surface area contributed by atoms with Crippen LogP contribution in [-0.4, -0.2) is 50.1 Å². The van der Waals surface area contributed by atoms with Crippen molar-refractivity contribution in [2.24, 2.45) is 45.3 Å². The van der Waals surface area contributed by atoms with E-state index in [0.717, 1.165) is 38.5 Å². The Morgan fingerprint density at radius 2 is 1.60 bits per heavy atom. The molecule has 200 valence electrons. The molecule has 0 amide bonds. The van der Waals surface area contributed by atoms with Crippen LogP contribution in [0.15, 0.2) is 11.6 Å². The van der Waals surface area contributed by atoms with Crippen molar-refractivity contribution in [3.05, 3.63) is 11.6 Å². The van der Waals surface area contributed by atoms with Gasteiger partial charge in [-0.05, 0) is 92.3 Å². The molecule has 3 fully saturated rings. The van der Waals surface area contributed by atoms with Gasteiger partial charge in [0.15, 0.2) is 0 Å². The van der Waals surface area contributed by atoms with E-state index in [1.165, 1.54) is 13.8 Å². The predicted molar refractivity (Wildman–Crippen MR) is 137 cm³/mol. The molecule has 0 aromatic heterocycles. The van der Waals surface area contributed by atoms with E-state index in [2.05, 4.69) is 40.7 Å². The van der Waals surface area contributed by atoms with Crippen molar-refractivity contribution in [1.29, 1.82) is 0 Å². The van der Waals surface area contributed by atoms with Crippen LogP contribution >= 0.6 is 0 Å². The summed E-state index contributed by atoms with van der Waals surface area (Å²) in [4.78, 5) is 12.8. The van der Waals surface area contributed by atoms with Crippen molar-refractivity contribution in [3.8, 4) is 0 Å². The highest BCUT2D eigenvalue weighted by Gasteiger charge is 2.65. The number of rotatable bonds is 5. The summed E-state index contributed by atoms with van der Waals surface area (Å²) in [6.07, 6.45) is 5.41. The lowest BCUT2D eigenvalue weighted by Crippen LogP contribution is -2.58. The van der Waals surface area contributed by atoms with Crippen LogP contribution in [0.2, 0.25) is 0 Å². The van der Waals surface area contributed by atoms with Gasteiger partial charge < -0.3 is 20.4 Å². The third kappa shape index (κ3) is 3.73. The van der Waals surface area contributed by atoms with Crippen LogP contribution < -0.4 is 0 Å². The molecule has 3 saturated carbocycles. The monoisotopic (exact) mass is 490 g/mol. The molecule has 10 unspecified atom stereocenters. The van der Waals surface area contributed by atoms with Crippen LogP contribution in [0.4, 0.5) is 0 Å². The molecule has 4 aliphatic carbocycles. The third-order valence-corrected chi connectivity index (χ3v) is 12.2. The van der Waals surface area contributed by atoms with E-state index in [9.17, 15) is 25.2 Å². The highest BCUT2D eigenvalue weighted by molar-refractivity contribution is 5.85. The number of hydrogen-bond donors (Lipinski definition) is 4. The standard InChI is InChI=1S/C30H50O5/c1-17(23(32)24(33)25(34)27(4,5)35)18-11-15-30(8)20-9-10-21-26(2,3)22(31)13-14-28(21,6)19(20)12-16-29(18,30)7/h9,17-19,21,23-25,32-35H,10-16H2,1-8H3. The molecule has 0 heterocycles. The zero-order valence-corrected chi connectivity index (χ0v) is 23.3. The molecule has 5 heteroatoms. The second-order valence-corrected chi connectivity index (χ2v) is 14.5. The Morgan fingerprint density at radius 1 is 0.971 bits per heavy atom. The second-order valence-electron chi connectivity index (χ2n) is 14.5. The van der Waals surface area contributed by atoms with Crippen molar-refractivity contribution in [1.82, 2.24) is 0 Å². The summed E-state index contributed by atoms with van der Waals surface area (Å²) >= 11 is 0. The number of carbonyl (C=O) groups is 1. The number of Topliss-reactive ketones (excluding diaryl/α,β-unsaturated/α-hetero) is 1. The van der Waals surface area contributed by atoms with E-state index in [0.29, 0.717) is 24.0 Å². The Bertz CT molecular complexity index is 886. The van der Waals surface area contributed by atoms with E-state index >= 15 is 0 Å². The highest BCUT2D eigenvalue weighted by atomic mass is 16.4. The number of allylic oxidation sites excluding steroid dienone is 2. The summed E-state index contributed by atoms with van der Waals surface area (Å²) < 4.78 is 0. The lowest BCUT2D eigenvalue weighted by Gasteiger charge is -2.63. The van der Waals surface area contributed by atoms with Gasteiger partial charge in [0, 0.05) is 11.8 Å². The van der Waals surface area contributed by atoms with Crippen LogP contribution in [0.1, 0.15) is 100 Å². The number of carbonyl (C=O) groups excluding carboxylic acids is 1. The number of hydrogen-bond acceptors (Lipinski definition) is 5. The summed E-state index contributed by atoms with van der Waals surface area (Å²) in [6, 6.07) is 0. The van der Waals surface area contributed by atoms with Gasteiger partial charge in [-0.3, -0.25) is 4.79 Å². The Hall–Kier alpha value is -0.750. The van der Waals surface area contributed by atoms with Gasteiger partial charge in [0.05, 0.1) is 11.7 Å². The van der Waals surface area contributed by atoms with Gasteiger partial charge in [0.25, 0.3) is 0 Å². The molecule has 4 N–H and O–H groups in total. The van der Waals surface area contributed by atoms with Gasteiger partial charge >= 0.3 is 0 Å². The average Bonchev–Trinajstić information content (AvgIpc) is 3.05. The molecule has 0 bridgehead atoms. The van der Waals surface area contributed by atoms with E-state index in [1.807, 2.05) is 6.92 Å². The van der Waals surface area contributed by atoms with Gasteiger partial charge in [-0.15, -0.1) is 0 Å². The Morgan fingerprint density at radius 3 is 2.20 bits per heavy atom. The molecule has 0 aromatic carbocycles. The van der Waals surface area contributed by atoms with Crippen molar-refractivity contribution in [2.75, 3.05) is 0 Å². The Balaban J connectivity index is 1.63. The molecular weight excluding hydrogens is 440 g/mol. The predicted octanol–water partition coefficient (Wildman–Crippen LogP) is 4.65. The first-order chi connectivity index (χ1) is 15.9. The fourth-order valence-corrected chi connectivity index (χ4v) is 9.55. The lowest BCUT2D eigenvalue weighted by molar-refractivity contribution is -0.158. The van der Waals surface area contributed by atoms with Gasteiger partial charge in [0.2, 0.25) is 0 Å². The topological polar surface area (TPSA) is 98.0 Å². The van der Waals surface area contributed by atoms with Crippen LogP contribution in [0, 0.1) is 45.3 Å². The number of aliphatic hydroxyl groups is 4. The zero-order chi connectivity index (χ0) is 26.4. The molecule has 4 rings (SSSR count). The largest absolute Gasteiger partial charge is 0.390 e. The Kier molecular flexibility index (Phi) is 6.53. The average molecular weight is 491 g/mol. The molecule has 4 aliphatic rings. The molecule has 0 radical (unpaired) electrons. The van der Waals surface area contributed by atoms with Gasteiger partial charge in [-0.1, -0.05) is 53.2 Å². The number of ketones is 1. The lowest BCUT2D eigenvalue weighted by atomic mass is 9.41. The maximum absolute atomic E-state index is 12.8. The highest BCUT2D eigenvalue weighted by Crippen LogP contribution is 2.73. The Labute approximate surface area is 212 Å². The molecule has 0 aromatic rings. The van der Waals surface area contributed by atoms with Crippen molar-refractivity contribution >= 4 is 5.78 Å². The van der Waals surface area contributed by atoms with Crippen LogP contribution in [-0.2, 0) is 4.79 Å². The summed E-state index contributed by atoms with van der Waals surface area (Å²) in [6.45, 7) is 16.5. The zero-order valence-electron chi connectivity index (χ0n) is 23.3. The maximum Gasteiger partial charge on any atom is 0.138 e. The fraction of sp³-hybridized carbons (Fsp3) is 0.900. The second kappa shape index (κ2) is 8.38. The van der Waals surface area contributed by atoms with Crippen molar-refractivity contribution in [3.63, 3.8) is 0 Å². The summed E-state index contributed by atoms with van der Waals surface area (Å²) in [5, 5.41) is 42.4. The van der Waals surface area contributed by atoms with Gasteiger partial charge in [-0.25, -0.2) is 0 Å². The molecule has 0 spiro atoms. The minimum absolute atomic E-state index is 0.0155. The third-order valence-electron chi connectivity index (χ3n) is 12.2. The minimum Gasteiger partial charge on any atom is -0.390 e. The van der Waals surface area contributed by atoms with E-state index in [1.54, 1.807) is 5.57 Å². The van der Waals surface area contributed by atoms with Crippen LogP contribution in [0.3, 0.4) is 0 Å². The molecular formula is C30H50O5. The molecule has 5 nitrogen and oxygen atoms in total. The summed E-state index contributed by atoms with van der Waals surface area (Å²) in [7, 11) is 0. The first-order valence-electron chi connectivity index (χ1n) is 13.9. The van der Waals surface area contributed by atoms with E-state index in [-0.39, 0.29) is 33.5 Å². The molecule has 0 saturated heterocycles. The fourth-order valence-electron chi connectivity index (χ4n) is 9.55. The first kappa shape index (κ1) is 27.3. The van der Waals surface area contributed by atoms with Gasteiger partial charge in [-0.2, -0.15) is 0 Å². The quantitative estimate of drug-likeness (QED) is 0.421. The van der Waals surface area contributed by atoms with E-state index in [4.69, 9.17) is 0 Å². The van der Waals surface area contributed by atoms with Crippen LogP contribution in [0.25, 0.3) is 0 Å². The van der Waals surface area contributed by atoms with Crippen molar-refractivity contribution in [2.45, 2.75) is 124 Å². The van der Waals surface area contributed by atoms with Crippen LogP contribution in [0.5, 0.6) is 0 Å². The van der Waals surface area contributed by atoms with Crippen molar-refractivity contribution < 1.29 is 25.2 Å². The molecule has 10 atom stereocenters. The van der Waals surface area contributed by atoms with E-state index < -0.39 is 23.9 Å². The normalized spacial score (nSPS) is 44.4. The number of fused-ring (bicyclic) bond motifs is 5. The summed E-state index contributed by atoms with van der Waals surface area (Å²) in [5.41, 5.74) is -0.0314. The maximum atomic E-state index is 12.8. The SMILES string of the molecule is CC(C(O)C(O)C(O)C(C)(C)O)C1CCC2(C)C3=CCC4C(C)(C)C(=O)CCC4(C)C3CCC12C. The smallest absolute Gasteiger partial charge is 0.138 e. The minimum atomic E-state index is -1.49. The van der Waals surface area contributed by atoms with Gasteiger partial charge in [0.1, 0.15) is 18.0 Å². The molecule has 35 heavy (non-hydrogen) atoms.